The van der Waals surface area contributed by atoms with Crippen LogP contribution in [0, 0.1) is 5.82 Å². The molecule has 0 N–H and O–H groups in total. The molecule has 5 nitrogen and oxygen atoms in total. The maximum atomic E-state index is 14.1. The zero-order chi connectivity index (χ0) is 30.7. The molecule has 0 radical (unpaired) electrons. The summed E-state index contributed by atoms with van der Waals surface area (Å²) in [6, 6.07) is 15.5. The molecule has 2 heterocycles. The number of aromatic nitrogens is 1. The monoisotopic (exact) mass is 585 g/mol. The Labute approximate surface area is 255 Å². The Morgan fingerprint density at radius 1 is 1.07 bits per heavy atom. The lowest BCUT2D eigenvalue weighted by Gasteiger charge is -2.33. The highest BCUT2D eigenvalue weighted by Gasteiger charge is 2.30. The minimum absolute atomic E-state index is 0.166. The maximum Gasteiger partial charge on any atom is 0.308 e. The van der Waals surface area contributed by atoms with Crippen molar-refractivity contribution in [1.29, 1.82) is 0 Å². The summed E-state index contributed by atoms with van der Waals surface area (Å²) in [6.45, 7) is 11.8. The molecule has 1 saturated heterocycles. The predicted molar refractivity (Wildman–Crippen MR) is 168 cm³/mol. The van der Waals surface area contributed by atoms with Crippen molar-refractivity contribution in [3.8, 4) is 11.1 Å². The first-order chi connectivity index (χ1) is 20.5. The number of pyridine rings is 1. The summed E-state index contributed by atoms with van der Waals surface area (Å²) in [6.07, 6.45) is 7.61. The molecule has 0 amide bonds. The Bertz CT molecular complexity index is 1470. The molecule has 0 spiro atoms. The highest BCUT2D eigenvalue weighted by molar-refractivity contribution is 5.80. The Balaban J connectivity index is 1.54. The number of carbonyl (C=O) groups excluding carboxylic acids is 1. The van der Waals surface area contributed by atoms with Crippen LogP contribution >= 0.6 is 0 Å². The first-order valence-electron chi connectivity index (χ1n) is 15.6. The van der Waals surface area contributed by atoms with Crippen molar-refractivity contribution < 1.29 is 23.4 Å². The molecule has 3 atom stereocenters. The molecule has 6 heteroatoms. The number of ether oxygens (including phenoxy) is 3. The predicted octanol–water partition coefficient (Wildman–Crippen LogP) is 8.36. The van der Waals surface area contributed by atoms with Gasteiger partial charge in [-0.2, -0.15) is 0 Å². The molecule has 1 aliphatic carbocycles. The van der Waals surface area contributed by atoms with E-state index in [9.17, 15) is 9.18 Å². The molecular formula is C37H44FNO4. The number of hydrogen-bond donors (Lipinski definition) is 0. The molecule has 0 saturated carbocycles. The van der Waals surface area contributed by atoms with Crippen molar-refractivity contribution in [1.82, 2.24) is 4.98 Å². The minimum Gasteiger partial charge on any atom is -0.460 e. The molecule has 228 valence electrons. The van der Waals surface area contributed by atoms with Gasteiger partial charge in [-0.25, -0.2) is 4.39 Å². The summed E-state index contributed by atoms with van der Waals surface area (Å²) in [4.78, 5) is 17.9. The van der Waals surface area contributed by atoms with Gasteiger partial charge in [-0.15, -0.1) is 0 Å². The largest absolute Gasteiger partial charge is 0.460 e. The van der Waals surface area contributed by atoms with Crippen LogP contribution in [0.3, 0.4) is 0 Å². The van der Waals surface area contributed by atoms with Crippen LogP contribution in [0.5, 0.6) is 0 Å². The Morgan fingerprint density at radius 3 is 2.49 bits per heavy atom. The third-order valence-electron chi connectivity index (χ3n) is 8.02. The van der Waals surface area contributed by atoms with E-state index in [0.717, 1.165) is 53.8 Å². The van der Waals surface area contributed by atoms with Crippen LogP contribution in [0.4, 0.5) is 4.39 Å². The van der Waals surface area contributed by atoms with Crippen molar-refractivity contribution in [2.75, 3.05) is 0 Å². The summed E-state index contributed by atoms with van der Waals surface area (Å²) in [5.74, 6) is -0.363. The second kappa shape index (κ2) is 13.1. The molecule has 5 rings (SSSR count). The summed E-state index contributed by atoms with van der Waals surface area (Å²) in [5.41, 5.74) is 8.65. The van der Waals surface area contributed by atoms with Crippen LogP contribution in [0.1, 0.15) is 100 Å². The second-order valence-electron chi connectivity index (χ2n) is 13.1. The van der Waals surface area contributed by atoms with Gasteiger partial charge in [0.1, 0.15) is 11.4 Å². The molecule has 1 aliphatic heterocycles. The fourth-order valence-corrected chi connectivity index (χ4v) is 6.24. The van der Waals surface area contributed by atoms with Gasteiger partial charge in [-0.05, 0) is 92.8 Å². The summed E-state index contributed by atoms with van der Waals surface area (Å²) in [5, 5.41) is 0. The van der Waals surface area contributed by atoms with Gasteiger partial charge < -0.3 is 14.2 Å². The van der Waals surface area contributed by atoms with Gasteiger partial charge in [0.25, 0.3) is 0 Å². The summed E-state index contributed by atoms with van der Waals surface area (Å²) < 4.78 is 31.7. The minimum atomic E-state index is -0.545. The van der Waals surface area contributed by atoms with E-state index in [2.05, 4.69) is 50.3 Å². The number of halogens is 1. The van der Waals surface area contributed by atoms with Gasteiger partial charge >= 0.3 is 5.97 Å². The van der Waals surface area contributed by atoms with Gasteiger partial charge in [0.15, 0.2) is 6.29 Å². The number of esters is 1. The number of carbonyl (C=O) groups is 1. The average molecular weight is 586 g/mol. The lowest BCUT2D eigenvalue weighted by atomic mass is 9.83. The molecule has 1 unspecified atom stereocenters. The fraction of sp³-hybridized carbons (Fsp3) is 0.459. The number of hydrogen-bond acceptors (Lipinski definition) is 5. The highest BCUT2D eigenvalue weighted by Crippen LogP contribution is 2.38. The molecule has 0 bridgehead atoms. The van der Waals surface area contributed by atoms with Crippen LogP contribution in [-0.2, 0) is 38.3 Å². The third-order valence-corrected chi connectivity index (χ3v) is 8.02. The van der Waals surface area contributed by atoms with E-state index in [1.54, 1.807) is 0 Å². The smallest absolute Gasteiger partial charge is 0.308 e. The molecule has 1 fully saturated rings. The van der Waals surface area contributed by atoms with E-state index < -0.39 is 11.9 Å². The molecule has 3 aromatic rings. The molecule has 1 aromatic heterocycles. The average Bonchev–Trinajstić information content (AvgIpc) is 2.91. The summed E-state index contributed by atoms with van der Waals surface area (Å²) in [7, 11) is 0. The lowest BCUT2D eigenvalue weighted by Crippen LogP contribution is -2.38. The number of nitrogens with zero attached hydrogens (tertiary/aromatic N) is 1. The van der Waals surface area contributed by atoms with Gasteiger partial charge in [0.2, 0.25) is 0 Å². The van der Waals surface area contributed by atoms with E-state index in [4.69, 9.17) is 19.2 Å². The van der Waals surface area contributed by atoms with Crippen molar-refractivity contribution in [2.24, 2.45) is 0 Å². The SMILES string of the molecule is CC1O[C@@H](CC(=O)OC(C)(C)C)C[C@@H](/C=C/c2c(C(C)C)nc3c(c2-c2ccc(F)cc2)CCCc2ccccc2C3)O1. The van der Waals surface area contributed by atoms with E-state index in [1.165, 1.54) is 28.8 Å². The van der Waals surface area contributed by atoms with Gasteiger partial charge in [-0.3, -0.25) is 9.78 Å². The van der Waals surface area contributed by atoms with Crippen molar-refractivity contribution in [3.63, 3.8) is 0 Å². The Hall–Kier alpha value is -3.35. The Kier molecular flexibility index (Phi) is 9.48. The van der Waals surface area contributed by atoms with Crippen molar-refractivity contribution in [2.45, 2.75) is 110 Å². The number of benzene rings is 2. The summed E-state index contributed by atoms with van der Waals surface area (Å²) >= 11 is 0. The first-order valence-corrected chi connectivity index (χ1v) is 15.6. The number of rotatable bonds is 6. The first kappa shape index (κ1) is 31.1. The maximum absolute atomic E-state index is 14.1. The zero-order valence-corrected chi connectivity index (χ0v) is 26.3. The van der Waals surface area contributed by atoms with Gasteiger partial charge in [0.05, 0.1) is 24.3 Å². The highest BCUT2D eigenvalue weighted by atomic mass is 19.1. The molecule has 43 heavy (non-hydrogen) atoms. The van der Waals surface area contributed by atoms with E-state index >= 15 is 0 Å². The Morgan fingerprint density at radius 2 is 1.79 bits per heavy atom. The van der Waals surface area contributed by atoms with Gasteiger partial charge in [-0.1, -0.05) is 62.4 Å². The molecular weight excluding hydrogens is 541 g/mol. The lowest BCUT2D eigenvalue weighted by molar-refractivity contribution is -0.225. The van der Waals surface area contributed by atoms with E-state index in [1.807, 2.05) is 39.8 Å². The van der Waals surface area contributed by atoms with Crippen molar-refractivity contribution in [3.05, 3.63) is 94.1 Å². The van der Waals surface area contributed by atoms with E-state index in [0.29, 0.717) is 6.42 Å². The normalized spacial score (nSPS) is 20.8. The zero-order valence-electron chi connectivity index (χ0n) is 26.3. The van der Waals surface area contributed by atoms with Crippen LogP contribution in [-0.4, -0.2) is 35.1 Å². The van der Waals surface area contributed by atoms with Crippen LogP contribution < -0.4 is 0 Å². The molecule has 2 aliphatic rings. The second-order valence-corrected chi connectivity index (χ2v) is 13.1. The fourth-order valence-electron chi connectivity index (χ4n) is 6.24. The third kappa shape index (κ3) is 7.79. The van der Waals surface area contributed by atoms with Crippen molar-refractivity contribution >= 4 is 12.0 Å². The topological polar surface area (TPSA) is 57.7 Å². The van der Waals surface area contributed by atoms with Crippen LogP contribution in [0.2, 0.25) is 0 Å². The quantitative estimate of drug-likeness (QED) is 0.272. The van der Waals surface area contributed by atoms with E-state index in [-0.39, 0.29) is 36.3 Å². The standard InChI is InChI=1S/C37H44FNO4/c1-23(2)36-32(19-18-29-21-30(42-24(3)41-29)22-34(40)43-37(4,5)6)35(26-14-16-28(38)17-15-26)31-13-9-12-25-10-7-8-11-27(25)20-33(31)39-36/h7-8,10-11,14-19,23-24,29-30H,9,12-13,20-22H2,1-6H3/b19-18+/t24?,29-,30-/m1/s1. The number of fused-ring (bicyclic) bond motifs is 2. The number of aryl methyl sites for hydroxylation is 1. The van der Waals surface area contributed by atoms with Gasteiger partial charge in [0, 0.05) is 24.1 Å². The van der Waals surface area contributed by atoms with Crippen LogP contribution in [0.25, 0.3) is 17.2 Å². The van der Waals surface area contributed by atoms with Crippen LogP contribution in [0.15, 0.2) is 54.6 Å². The molecule has 2 aromatic carbocycles.